The molecule has 1 rings (SSSR count). The van der Waals surface area contributed by atoms with Crippen molar-refractivity contribution < 1.29 is 26.3 Å². The van der Waals surface area contributed by atoms with Crippen molar-refractivity contribution >= 4 is 11.6 Å². The number of halogens is 7. The van der Waals surface area contributed by atoms with Gasteiger partial charge in [0.05, 0.1) is 11.1 Å². The molecule has 0 bridgehead atoms. The maximum absolute atomic E-state index is 12.4. The number of benzene rings is 1. The Bertz CT molecular complexity index is 361. The van der Waals surface area contributed by atoms with E-state index in [2.05, 4.69) is 0 Å². The van der Waals surface area contributed by atoms with Crippen LogP contribution in [-0.2, 0) is 18.8 Å². The zero-order valence-electron chi connectivity index (χ0n) is 8.29. The highest BCUT2D eigenvalue weighted by Gasteiger charge is 2.36. The molecule has 0 atom stereocenters. The third kappa shape index (κ3) is 3.80. The topological polar surface area (TPSA) is 0 Å². The third-order valence-corrected chi connectivity index (χ3v) is 2.22. The Morgan fingerprint density at radius 3 is 1.53 bits per heavy atom. The summed E-state index contributed by atoms with van der Waals surface area (Å²) in [7, 11) is 0. The van der Waals surface area contributed by atoms with Crippen LogP contribution in [0.25, 0.3) is 0 Å². The Morgan fingerprint density at radius 2 is 1.24 bits per heavy atom. The van der Waals surface area contributed by atoms with Gasteiger partial charge in [-0.25, -0.2) is 0 Å². The van der Waals surface area contributed by atoms with Crippen molar-refractivity contribution in [3.8, 4) is 0 Å². The van der Waals surface area contributed by atoms with Crippen LogP contribution in [0.5, 0.6) is 0 Å². The van der Waals surface area contributed by atoms with Gasteiger partial charge < -0.3 is 0 Å². The fraction of sp³-hybridized carbons (Fsp3) is 0.400. The van der Waals surface area contributed by atoms with E-state index in [0.717, 1.165) is 0 Å². The molecule has 0 saturated carbocycles. The molecular weight excluding hydrogens is 270 g/mol. The zero-order chi connectivity index (χ0) is 13.3. The predicted molar refractivity (Wildman–Crippen MR) is 50.9 cm³/mol. The lowest BCUT2D eigenvalue weighted by Crippen LogP contribution is -2.11. The fourth-order valence-electron chi connectivity index (χ4n) is 1.27. The van der Waals surface area contributed by atoms with Crippen LogP contribution >= 0.6 is 11.6 Å². The molecular formula is C10H7ClF6. The molecule has 0 N–H and O–H groups in total. The first-order chi connectivity index (χ1) is 7.64. The van der Waals surface area contributed by atoms with E-state index in [-0.39, 0.29) is 23.9 Å². The zero-order valence-corrected chi connectivity index (χ0v) is 9.05. The molecule has 0 aliphatic rings. The summed E-state index contributed by atoms with van der Waals surface area (Å²) < 4.78 is 74.3. The van der Waals surface area contributed by atoms with Crippen LogP contribution in [0.1, 0.15) is 16.7 Å². The van der Waals surface area contributed by atoms with Crippen LogP contribution in [0.4, 0.5) is 26.3 Å². The van der Waals surface area contributed by atoms with Gasteiger partial charge in [-0.3, -0.25) is 0 Å². The molecule has 0 aliphatic carbocycles. The second kappa shape index (κ2) is 4.76. The summed E-state index contributed by atoms with van der Waals surface area (Å²) in [4.78, 5) is 0. The number of hydrogen-bond donors (Lipinski definition) is 0. The van der Waals surface area contributed by atoms with E-state index in [1.165, 1.54) is 0 Å². The Labute approximate surface area is 98.2 Å². The smallest absolute Gasteiger partial charge is 0.166 e. The van der Waals surface area contributed by atoms with E-state index < -0.39 is 23.5 Å². The number of alkyl halides is 7. The summed E-state index contributed by atoms with van der Waals surface area (Å²) in [6.45, 7) is 0. The van der Waals surface area contributed by atoms with Crippen molar-refractivity contribution in [2.45, 2.75) is 18.8 Å². The summed E-state index contributed by atoms with van der Waals surface area (Å²) in [5.74, 6) is -0.0430. The molecule has 96 valence electrons. The number of aryl methyl sites for hydroxylation is 1. The van der Waals surface area contributed by atoms with E-state index in [1.807, 2.05) is 0 Å². The summed E-state index contributed by atoms with van der Waals surface area (Å²) in [5, 5.41) is 0. The Morgan fingerprint density at radius 1 is 0.824 bits per heavy atom. The normalized spacial score (nSPS) is 12.9. The first-order valence-corrected chi connectivity index (χ1v) is 5.02. The molecule has 1 aromatic rings. The summed E-state index contributed by atoms with van der Waals surface area (Å²) in [6.07, 6.45) is -9.65. The van der Waals surface area contributed by atoms with E-state index in [1.54, 1.807) is 0 Å². The van der Waals surface area contributed by atoms with Crippen LogP contribution in [0.15, 0.2) is 18.2 Å². The Hall–Kier alpha value is -0.910. The highest BCUT2D eigenvalue weighted by atomic mass is 35.5. The maximum Gasteiger partial charge on any atom is 0.416 e. The highest BCUT2D eigenvalue weighted by Crippen LogP contribution is 2.36. The summed E-state index contributed by atoms with van der Waals surface area (Å²) >= 11 is 5.31. The highest BCUT2D eigenvalue weighted by molar-refractivity contribution is 6.17. The molecule has 0 spiro atoms. The molecule has 17 heavy (non-hydrogen) atoms. The van der Waals surface area contributed by atoms with Gasteiger partial charge in [-0.05, 0) is 30.2 Å². The molecule has 0 saturated heterocycles. The standard InChI is InChI=1S/C10H7ClF6/c11-2-1-6-3-7(9(12,13)14)5-8(4-6)10(15,16)17/h3-5H,1-2H2. The minimum atomic E-state index is -4.80. The van der Waals surface area contributed by atoms with Gasteiger partial charge >= 0.3 is 12.4 Å². The van der Waals surface area contributed by atoms with Crippen LogP contribution in [0.2, 0.25) is 0 Å². The van der Waals surface area contributed by atoms with Crippen molar-refractivity contribution in [1.82, 2.24) is 0 Å². The Balaban J connectivity index is 3.29. The molecule has 0 heterocycles. The lowest BCUT2D eigenvalue weighted by molar-refractivity contribution is -0.143. The quantitative estimate of drug-likeness (QED) is 0.551. The van der Waals surface area contributed by atoms with Crippen molar-refractivity contribution in [1.29, 1.82) is 0 Å². The third-order valence-electron chi connectivity index (χ3n) is 2.03. The lowest BCUT2D eigenvalue weighted by atomic mass is 10.0. The fourth-order valence-corrected chi connectivity index (χ4v) is 1.49. The molecule has 0 amide bonds. The molecule has 0 radical (unpaired) electrons. The van der Waals surface area contributed by atoms with Crippen molar-refractivity contribution in [3.63, 3.8) is 0 Å². The van der Waals surface area contributed by atoms with Crippen LogP contribution in [0, 0.1) is 0 Å². The Kier molecular flexibility index (Phi) is 3.96. The second-order valence-corrected chi connectivity index (χ2v) is 3.73. The maximum atomic E-state index is 12.4. The van der Waals surface area contributed by atoms with Gasteiger partial charge in [-0.1, -0.05) is 0 Å². The van der Waals surface area contributed by atoms with E-state index in [4.69, 9.17) is 11.6 Å². The van der Waals surface area contributed by atoms with Gasteiger partial charge in [0.15, 0.2) is 0 Å². The van der Waals surface area contributed by atoms with E-state index >= 15 is 0 Å². The molecule has 7 heteroatoms. The van der Waals surface area contributed by atoms with Crippen molar-refractivity contribution in [2.24, 2.45) is 0 Å². The van der Waals surface area contributed by atoms with Gasteiger partial charge in [-0.2, -0.15) is 26.3 Å². The van der Waals surface area contributed by atoms with Crippen LogP contribution in [-0.4, -0.2) is 5.88 Å². The largest absolute Gasteiger partial charge is 0.416 e. The molecule has 1 aromatic carbocycles. The molecule has 0 nitrogen and oxygen atoms in total. The van der Waals surface area contributed by atoms with Crippen LogP contribution in [0.3, 0.4) is 0 Å². The summed E-state index contributed by atoms with van der Waals surface area (Å²) in [5.41, 5.74) is -2.71. The number of hydrogen-bond acceptors (Lipinski definition) is 0. The summed E-state index contributed by atoms with van der Waals surface area (Å²) in [6, 6.07) is 1.45. The SMILES string of the molecule is FC(F)(F)c1cc(CCCl)cc(C(F)(F)F)c1. The van der Waals surface area contributed by atoms with Crippen molar-refractivity contribution in [3.05, 3.63) is 34.9 Å². The molecule has 0 aliphatic heterocycles. The first-order valence-electron chi connectivity index (χ1n) is 4.49. The van der Waals surface area contributed by atoms with Gasteiger partial charge in [0.1, 0.15) is 0 Å². The monoisotopic (exact) mass is 276 g/mol. The molecule has 0 unspecified atom stereocenters. The van der Waals surface area contributed by atoms with Gasteiger partial charge in [0.25, 0.3) is 0 Å². The average molecular weight is 277 g/mol. The minimum Gasteiger partial charge on any atom is -0.166 e. The van der Waals surface area contributed by atoms with E-state index in [9.17, 15) is 26.3 Å². The van der Waals surface area contributed by atoms with Gasteiger partial charge in [0.2, 0.25) is 0 Å². The van der Waals surface area contributed by atoms with Crippen LogP contribution < -0.4 is 0 Å². The van der Waals surface area contributed by atoms with E-state index in [0.29, 0.717) is 12.1 Å². The van der Waals surface area contributed by atoms with Crippen molar-refractivity contribution in [2.75, 3.05) is 5.88 Å². The molecule has 0 fully saturated rings. The first kappa shape index (κ1) is 14.2. The lowest BCUT2D eigenvalue weighted by Gasteiger charge is -2.13. The minimum absolute atomic E-state index is 0.0430. The number of rotatable bonds is 2. The second-order valence-electron chi connectivity index (χ2n) is 3.35. The van der Waals surface area contributed by atoms with Gasteiger partial charge in [0, 0.05) is 5.88 Å². The molecule has 0 aromatic heterocycles. The van der Waals surface area contributed by atoms with Gasteiger partial charge in [-0.15, -0.1) is 11.6 Å². The predicted octanol–water partition coefficient (Wildman–Crippen LogP) is 4.51. The average Bonchev–Trinajstić information content (AvgIpc) is 2.15.